The highest BCUT2D eigenvalue weighted by atomic mass is 31.2. The van der Waals surface area contributed by atoms with E-state index in [0.29, 0.717) is 31.2 Å². The van der Waals surface area contributed by atoms with Gasteiger partial charge >= 0.3 is 7.82 Å². The van der Waals surface area contributed by atoms with E-state index in [4.69, 9.17) is 5.73 Å². The lowest BCUT2D eigenvalue weighted by atomic mass is 9.84. The third kappa shape index (κ3) is 15.4. The van der Waals surface area contributed by atoms with Crippen molar-refractivity contribution in [1.82, 2.24) is 36.8 Å². The van der Waals surface area contributed by atoms with E-state index in [1.807, 2.05) is 0 Å². The molecule has 1 saturated carbocycles. The number of phosphoric acid groups is 1. The van der Waals surface area contributed by atoms with Gasteiger partial charge in [0.05, 0.1) is 6.42 Å². The summed E-state index contributed by atoms with van der Waals surface area (Å²) >= 11 is 0. The highest BCUT2D eigenvalue weighted by Gasteiger charge is 2.40. The van der Waals surface area contributed by atoms with E-state index in [0.717, 1.165) is 32.1 Å². The maximum absolute atomic E-state index is 14.3. The van der Waals surface area contributed by atoms with Gasteiger partial charge in [0.1, 0.15) is 42.0 Å². The molecule has 2 saturated heterocycles. The zero-order valence-corrected chi connectivity index (χ0v) is 35.9. The topological polar surface area (TPSA) is 305 Å². The molecule has 8 amide bonds. The van der Waals surface area contributed by atoms with Crippen molar-refractivity contribution in [2.45, 2.75) is 140 Å². The molecule has 20 nitrogen and oxygen atoms in total. The van der Waals surface area contributed by atoms with Gasteiger partial charge in [-0.1, -0.05) is 58.1 Å². The maximum Gasteiger partial charge on any atom is 0.524 e. The standard InChI is InChI=1S/C40H61N8O12P/c1-23(2)34-40(56)48-19-9-13-32(48)39(55)42-18-8-7-12-28(43-24(3)49)35(51)44-30(21-26-14-16-27(17-15-26)60-61(57,58)59)36(52)45-29(20-25-10-5-4-6-11-25)37(53)46-31(22-33(41)50)38(54)47-34/h14-17,23,25,28-32,34H,4-13,18-22H2,1-3H3,(H2,41,50)(H,42,55)(H,43,49)(H,44,51)(H,45,52)(H,46,53)(H,47,54)(H2,57,58,59)/t28?,29?,30-,31?,32-,34-/m0/s1. The number of benzene rings is 1. The molecule has 2 heterocycles. The number of amides is 8. The molecule has 1 aromatic carbocycles. The Bertz CT molecular complexity index is 1800. The van der Waals surface area contributed by atoms with Gasteiger partial charge in [-0.15, -0.1) is 0 Å². The minimum absolute atomic E-state index is 0.000849. The molecule has 1 aromatic rings. The van der Waals surface area contributed by atoms with E-state index in [2.05, 4.69) is 36.4 Å². The van der Waals surface area contributed by atoms with Gasteiger partial charge in [-0.25, -0.2) is 4.57 Å². The van der Waals surface area contributed by atoms with E-state index in [9.17, 15) is 52.7 Å². The van der Waals surface area contributed by atoms with E-state index < -0.39 is 104 Å². The van der Waals surface area contributed by atoms with Crippen molar-refractivity contribution in [2.75, 3.05) is 13.1 Å². The van der Waals surface area contributed by atoms with Gasteiger partial charge in [0, 0.05) is 26.4 Å². The molecule has 10 N–H and O–H groups in total. The monoisotopic (exact) mass is 876 g/mol. The Balaban J connectivity index is 1.73. The quantitative estimate of drug-likeness (QED) is 0.140. The minimum atomic E-state index is -4.87. The third-order valence-electron chi connectivity index (χ3n) is 11.2. The predicted octanol–water partition coefficient (Wildman–Crippen LogP) is -0.0626. The van der Waals surface area contributed by atoms with Crippen molar-refractivity contribution in [3.63, 3.8) is 0 Å². The number of hydrogen-bond donors (Lipinski definition) is 9. The molecule has 1 aliphatic carbocycles. The van der Waals surface area contributed by atoms with Gasteiger partial charge in [-0.3, -0.25) is 48.1 Å². The predicted molar refractivity (Wildman–Crippen MR) is 220 cm³/mol. The molecule has 3 fully saturated rings. The van der Waals surface area contributed by atoms with E-state index in [1.165, 1.54) is 36.1 Å². The van der Waals surface area contributed by atoms with Gasteiger partial charge in [-0.05, 0) is 68.1 Å². The van der Waals surface area contributed by atoms with Crippen LogP contribution in [0.3, 0.4) is 0 Å². The van der Waals surface area contributed by atoms with Crippen LogP contribution in [0.15, 0.2) is 24.3 Å². The number of phosphoric ester groups is 1. The molecule has 0 aromatic heterocycles. The summed E-state index contributed by atoms with van der Waals surface area (Å²) in [5.74, 6) is -6.15. The average Bonchev–Trinajstić information content (AvgIpc) is 3.68. The number of carbonyl (C=O) groups excluding carboxylic acids is 8. The molecular formula is C40H61N8O12P. The van der Waals surface area contributed by atoms with Crippen LogP contribution >= 0.6 is 7.82 Å². The van der Waals surface area contributed by atoms with Gasteiger partial charge < -0.3 is 47.1 Å². The molecule has 4 rings (SSSR count). The van der Waals surface area contributed by atoms with Crippen molar-refractivity contribution in [3.05, 3.63) is 29.8 Å². The van der Waals surface area contributed by atoms with Crippen molar-refractivity contribution in [3.8, 4) is 5.75 Å². The van der Waals surface area contributed by atoms with Crippen LogP contribution in [0.1, 0.15) is 103 Å². The van der Waals surface area contributed by atoms with Gasteiger partial charge in [-0.2, -0.15) is 0 Å². The zero-order chi connectivity index (χ0) is 44.9. The number of fused-ring (bicyclic) bond motifs is 1. The Morgan fingerprint density at radius 3 is 2.03 bits per heavy atom. The van der Waals surface area contributed by atoms with E-state index in [-0.39, 0.29) is 44.0 Å². The first-order valence-electron chi connectivity index (χ1n) is 21.0. The second kappa shape index (κ2) is 22.7. The van der Waals surface area contributed by atoms with Crippen LogP contribution in [-0.2, 0) is 49.3 Å². The number of carbonyl (C=O) groups is 8. The lowest BCUT2D eigenvalue weighted by Gasteiger charge is -2.32. The van der Waals surface area contributed by atoms with Crippen LogP contribution in [0.4, 0.5) is 0 Å². The smallest absolute Gasteiger partial charge is 0.404 e. The fraction of sp³-hybridized carbons (Fsp3) is 0.650. The molecule has 0 radical (unpaired) electrons. The lowest BCUT2D eigenvalue weighted by molar-refractivity contribution is -0.143. The molecule has 0 spiro atoms. The first-order valence-corrected chi connectivity index (χ1v) is 22.5. The third-order valence-corrected chi connectivity index (χ3v) is 11.6. The highest BCUT2D eigenvalue weighted by Crippen LogP contribution is 2.37. The number of rotatable bonds is 10. The Hall–Kier alpha value is -5.07. The molecule has 6 atom stereocenters. The highest BCUT2D eigenvalue weighted by molar-refractivity contribution is 7.46. The van der Waals surface area contributed by atoms with Crippen LogP contribution in [-0.4, -0.2) is 111 Å². The maximum atomic E-state index is 14.3. The van der Waals surface area contributed by atoms with Crippen molar-refractivity contribution in [1.29, 1.82) is 0 Å². The number of nitrogens with one attached hydrogen (secondary N) is 6. The Kier molecular flexibility index (Phi) is 18.1. The summed E-state index contributed by atoms with van der Waals surface area (Å²) in [6, 6.07) is -1.82. The molecule has 3 unspecified atom stereocenters. The fourth-order valence-electron chi connectivity index (χ4n) is 8.05. The summed E-state index contributed by atoms with van der Waals surface area (Å²) in [6.07, 6.45) is 5.47. The second-order valence-corrected chi connectivity index (χ2v) is 17.6. The zero-order valence-electron chi connectivity index (χ0n) is 35.0. The molecule has 0 bridgehead atoms. The number of hydrogen-bond acceptors (Lipinski definition) is 10. The molecular weight excluding hydrogens is 815 g/mol. The summed E-state index contributed by atoms with van der Waals surface area (Å²) < 4.78 is 16.0. The Morgan fingerprint density at radius 1 is 0.803 bits per heavy atom. The lowest BCUT2D eigenvalue weighted by Crippen LogP contribution is -2.61. The van der Waals surface area contributed by atoms with Crippen molar-refractivity contribution >= 4 is 55.1 Å². The van der Waals surface area contributed by atoms with Crippen LogP contribution in [0.5, 0.6) is 5.75 Å². The first-order chi connectivity index (χ1) is 28.8. The second-order valence-electron chi connectivity index (χ2n) is 16.5. The van der Waals surface area contributed by atoms with Gasteiger partial charge in [0.25, 0.3) is 0 Å². The number of nitrogens with two attached hydrogens (primary N) is 1. The summed E-state index contributed by atoms with van der Waals surface area (Å²) in [4.78, 5) is 128. The van der Waals surface area contributed by atoms with Crippen molar-refractivity contribution < 1.29 is 57.2 Å². The molecule has 3 aliphatic rings. The summed E-state index contributed by atoms with van der Waals surface area (Å²) in [5.41, 5.74) is 5.96. The number of primary amides is 1. The number of nitrogens with zero attached hydrogens (tertiary/aromatic N) is 1. The Labute approximate surface area is 355 Å². The van der Waals surface area contributed by atoms with Crippen LogP contribution in [0.2, 0.25) is 0 Å². The summed E-state index contributed by atoms with van der Waals surface area (Å²) in [6.45, 7) is 5.12. The van der Waals surface area contributed by atoms with Crippen LogP contribution in [0, 0.1) is 11.8 Å². The fourth-order valence-corrected chi connectivity index (χ4v) is 8.45. The SMILES string of the molecule is CC(=O)NC1CCCCNC(=O)[C@@H]2CCCN2C(=O)[C@H](C(C)C)NC(=O)C(CC(N)=O)NC(=O)C(CC2CCCCC2)NC(=O)[C@H](Cc2ccc(OP(=O)(O)O)cc2)NC1=O. The van der Waals surface area contributed by atoms with Crippen LogP contribution in [0.25, 0.3) is 0 Å². The molecule has 2 aliphatic heterocycles. The molecule has 338 valence electrons. The normalized spacial score (nSPS) is 26.0. The summed E-state index contributed by atoms with van der Waals surface area (Å²) in [5, 5.41) is 16.2. The molecule has 21 heteroatoms. The van der Waals surface area contributed by atoms with E-state index >= 15 is 0 Å². The first kappa shape index (κ1) is 48.6. The largest absolute Gasteiger partial charge is 0.524 e. The van der Waals surface area contributed by atoms with Crippen LogP contribution < -0.4 is 42.2 Å². The van der Waals surface area contributed by atoms with Gasteiger partial charge in [0.2, 0.25) is 47.3 Å². The average molecular weight is 877 g/mol. The van der Waals surface area contributed by atoms with Crippen molar-refractivity contribution in [2.24, 2.45) is 17.6 Å². The Morgan fingerprint density at radius 2 is 1.41 bits per heavy atom. The molecule has 61 heavy (non-hydrogen) atoms. The summed E-state index contributed by atoms with van der Waals surface area (Å²) in [7, 11) is -4.87. The van der Waals surface area contributed by atoms with E-state index in [1.54, 1.807) is 13.8 Å². The minimum Gasteiger partial charge on any atom is -0.404 e. The van der Waals surface area contributed by atoms with Gasteiger partial charge in [0.15, 0.2) is 0 Å².